The molecule has 0 aromatic heterocycles. The average Bonchev–Trinajstić information content (AvgIpc) is 2.82. The van der Waals surface area contributed by atoms with Gasteiger partial charge in [0.25, 0.3) is 0 Å². The Morgan fingerprint density at radius 2 is 1.66 bits per heavy atom. The van der Waals surface area contributed by atoms with E-state index in [1.54, 1.807) is 6.92 Å². The maximum atomic E-state index is 13.5. The molecule has 35 heavy (non-hydrogen) atoms. The number of rotatable bonds is 9. The molecule has 2 amide bonds. The highest BCUT2D eigenvalue weighted by Crippen LogP contribution is 2.21. The molecule has 0 aliphatic heterocycles. The van der Waals surface area contributed by atoms with E-state index >= 15 is 0 Å². The lowest BCUT2D eigenvalue weighted by Gasteiger charge is -2.33. The third-order valence-electron chi connectivity index (χ3n) is 6.18. The van der Waals surface area contributed by atoms with Crippen LogP contribution in [0, 0.1) is 5.82 Å². The van der Waals surface area contributed by atoms with Crippen molar-refractivity contribution in [1.82, 2.24) is 10.2 Å². The molecule has 1 fully saturated rings. The van der Waals surface area contributed by atoms with Crippen molar-refractivity contribution in [2.75, 3.05) is 17.1 Å². The second-order valence-corrected chi connectivity index (χ2v) is 11.7. The molecule has 0 radical (unpaired) electrons. The number of sulfonamides is 1. The molecule has 1 N–H and O–H groups in total. The van der Waals surface area contributed by atoms with Gasteiger partial charge in [0.2, 0.25) is 21.8 Å². The Kier molecular flexibility index (Phi) is 9.29. The Morgan fingerprint density at radius 1 is 1.06 bits per heavy atom. The van der Waals surface area contributed by atoms with Gasteiger partial charge in [-0.3, -0.25) is 13.9 Å². The molecule has 0 saturated heterocycles. The highest BCUT2D eigenvalue weighted by molar-refractivity contribution is 9.10. The second kappa shape index (κ2) is 12.0. The normalized spacial score (nSPS) is 15.3. The molecule has 10 heteroatoms. The lowest BCUT2D eigenvalue weighted by Crippen LogP contribution is -2.52. The zero-order valence-electron chi connectivity index (χ0n) is 19.9. The van der Waals surface area contributed by atoms with Gasteiger partial charge in [-0.05, 0) is 61.7 Å². The van der Waals surface area contributed by atoms with E-state index in [0.29, 0.717) is 0 Å². The van der Waals surface area contributed by atoms with E-state index in [9.17, 15) is 22.4 Å². The van der Waals surface area contributed by atoms with Gasteiger partial charge in [0, 0.05) is 17.1 Å². The van der Waals surface area contributed by atoms with Crippen molar-refractivity contribution < 1.29 is 22.4 Å². The van der Waals surface area contributed by atoms with Crippen LogP contribution in [0.4, 0.5) is 10.1 Å². The molecule has 1 aliphatic rings. The van der Waals surface area contributed by atoms with E-state index in [4.69, 9.17) is 0 Å². The minimum atomic E-state index is -3.85. The summed E-state index contributed by atoms with van der Waals surface area (Å²) < 4.78 is 40.2. The Balaban J connectivity index is 1.85. The van der Waals surface area contributed by atoms with Crippen molar-refractivity contribution in [3.8, 4) is 0 Å². The average molecular weight is 569 g/mol. The van der Waals surface area contributed by atoms with Gasteiger partial charge in [-0.1, -0.05) is 47.3 Å². The van der Waals surface area contributed by atoms with Crippen LogP contribution in [0.5, 0.6) is 0 Å². The Hall–Kier alpha value is -2.46. The smallest absolute Gasteiger partial charge is 0.244 e. The fourth-order valence-corrected chi connectivity index (χ4v) is 5.27. The summed E-state index contributed by atoms with van der Waals surface area (Å²) in [5, 5.41) is 3.06. The molecule has 1 saturated carbocycles. The van der Waals surface area contributed by atoms with E-state index in [1.165, 1.54) is 17.0 Å². The maximum absolute atomic E-state index is 13.5. The molecule has 0 bridgehead atoms. The molecular formula is C25H31BrFN3O4S. The first kappa shape index (κ1) is 27.1. The number of nitrogens with zero attached hydrogens (tertiary/aromatic N) is 2. The van der Waals surface area contributed by atoms with Crippen LogP contribution in [0.25, 0.3) is 0 Å². The molecule has 3 rings (SSSR count). The van der Waals surface area contributed by atoms with E-state index in [1.807, 2.05) is 24.3 Å². The van der Waals surface area contributed by atoms with Gasteiger partial charge < -0.3 is 10.2 Å². The molecule has 2 aromatic carbocycles. The first-order valence-electron chi connectivity index (χ1n) is 11.6. The Bertz CT molecular complexity index is 1120. The third-order valence-corrected chi connectivity index (χ3v) is 7.85. The van der Waals surface area contributed by atoms with Gasteiger partial charge >= 0.3 is 0 Å². The monoisotopic (exact) mass is 567 g/mol. The summed E-state index contributed by atoms with van der Waals surface area (Å²) in [6.45, 7) is 1.27. The SMILES string of the molecule is C[C@@H](C(=O)NC1CCCCC1)N(Cc1ccc(Br)cc1)C(=O)CN(c1ccc(F)cc1)S(C)(=O)=O. The summed E-state index contributed by atoms with van der Waals surface area (Å²) in [6, 6.07) is 11.5. The van der Waals surface area contributed by atoms with Crippen molar-refractivity contribution in [2.24, 2.45) is 0 Å². The van der Waals surface area contributed by atoms with Crippen LogP contribution < -0.4 is 9.62 Å². The Labute approximate surface area is 214 Å². The standard InChI is InChI=1S/C25H31BrFN3O4S/c1-18(25(32)28-22-6-4-3-5-7-22)29(16-19-8-10-20(26)11-9-19)24(31)17-30(35(2,33)34)23-14-12-21(27)13-15-23/h8-15,18,22H,3-7,16-17H2,1-2H3,(H,28,32)/t18-/m0/s1. The highest BCUT2D eigenvalue weighted by Gasteiger charge is 2.31. The summed E-state index contributed by atoms with van der Waals surface area (Å²) in [5.74, 6) is -1.32. The molecule has 7 nitrogen and oxygen atoms in total. The molecule has 2 aromatic rings. The largest absolute Gasteiger partial charge is 0.352 e. The highest BCUT2D eigenvalue weighted by atomic mass is 79.9. The molecule has 190 valence electrons. The summed E-state index contributed by atoms with van der Waals surface area (Å²) >= 11 is 3.39. The second-order valence-electron chi connectivity index (χ2n) is 8.91. The molecular weight excluding hydrogens is 537 g/mol. The predicted octanol–water partition coefficient (Wildman–Crippen LogP) is 4.22. The van der Waals surface area contributed by atoms with Crippen molar-refractivity contribution >= 4 is 43.5 Å². The fourth-order valence-electron chi connectivity index (χ4n) is 4.16. The number of anilines is 1. The number of halogens is 2. The zero-order chi connectivity index (χ0) is 25.6. The third kappa shape index (κ3) is 7.76. The Morgan fingerprint density at radius 3 is 2.23 bits per heavy atom. The number of hydrogen-bond acceptors (Lipinski definition) is 4. The van der Waals surface area contributed by atoms with Crippen LogP contribution >= 0.6 is 15.9 Å². The van der Waals surface area contributed by atoms with Gasteiger partial charge in [-0.25, -0.2) is 12.8 Å². The lowest BCUT2D eigenvalue weighted by atomic mass is 9.95. The summed E-state index contributed by atoms with van der Waals surface area (Å²) in [6.07, 6.45) is 6.07. The van der Waals surface area contributed by atoms with Gasteiger partial charge in [0.1, 0.15) is 18.4 Å². The lowest BCUT2D eigenvalue weighted by molar-refractivity contribution is -0.139. The van der Waals surface area contributed by atoms with Crippen LogP contribution in [-0.2, 0) is 26.2 Å². The molecule has 0 unspecified atom stereocenters. The maximum Gasteiger partial charge on any atom is 0.244 e. The molecule has 0 heterocycles. The number of carbonyl (C=O) groups excluding carboxylic acids is 2. The van der Waals surface area contributed by atoms with Crippen LogP contribution in [0.15, 0.2) is 53.0 Å². The van der Waals surface area contributed by atoms with Crippen molar-refractivity contribution in [3.05, 3.63) is 64.4 Å². The summed E-state index contributed by atoms with van der Waals surface area (Å²) in [4.78, 5) is 28.0. The van der Waals surface area contributed by atoms with Crippen LogP contribution in [-0.4, -0.2) is 50.0 Å². The van der Waals surface area contributed by atoms with Crippen LogP contribution in [0.3, 0.4) is 0 Å². The number of benzene rings is 2. The zero-order valence-corrected chi connectivity index (χ0v) is 22.3. The fraction of sp³-hybridized carbons (Fsp3) is 0.440. The van der Waals surface area contributed by atoms with E-state index in [0.717, 1.165) is 64.8 Å². The minimum absolute atomic E-state index is 0.0788. The first-order chi connectivity index (χ1) is 16.5. The number of hydrogen-bond donors (Lipinski definition) is 1. The topological polar surface area (TPSA) is 86.8 Å². The number of carbonyl (C=O) groups is 2. The van der Waals surface area contributed by atoms with E-state index in [-0.39, 0.29) is 24.2 Å². The predicted molar refractivity (Wildman–Crippen MR) is 138 cm³/mol. The van der Waals surface area contributed by atoms with E-state index < -0.39 is 34.3 Å². The van der Waals surface area contributed by atoms with Crippen LogP contribution in [0.2, 0.25) is 0 Å². The van der Waals surface area contributed by atoms with Gasteiger partial charge in [-0.15, -0.1) is 0 Å². The quantitative estimate of drug-likeness (QED) is 0.491. The molecule has 1 atom stereocenters. The molecule has 0 spiro atoms. The number of nitrogens with one attached hydrogen (secondary N) is 1. The summed E-state index contributed by atoms with van der Waals surface area (Å²) in [5.41, 5.74) is 0.969. The number of amides is 2. The van der Waals surface area contributed by atoms with Crippen molar-refractivity contribution in [2.45, 2.75) is 57.7 Å². The van der Waals surface area contributed by atoms with Gasteiger partial charge in [0.05, 0.1) is 11.9 Å². The van der Waals surface area contributed by atoms with Gasteiger partial charge in [-0.2, -0.15) is 0 Å². The van der Waals surface area contributed by atoms with Crippen molar-refractivity contribution in [1.29, 1.82) is 0 Å². The first-order valence-corrected chi connectivity index (χ1v) is 14.3. The summed E-state index contributed by atoms with van der Waals surface area (Å²) in [7, 11) is -3.85. The minimum Gasteiger partial charge on any atom is -0.352 e. The van der Waals surface area contributed by atoms with E-state index in [2.05, 4.69) is 21.2 Å². The van der Waals surface area contributed by atoms with Gasteiger partial charge in [0.15, 0.2) is 0 Å². The van der Waals surface area contributed by atoms with Crippen LogP contribution in [0.1, 0.15) is 44.6 Å². The molecule has 1 aliphatic carbocycles. The van der Waals surface area contributed by atoms with Crippen molar-refractivity contribution in [3.63, 3.8) is 0 Å².